The van der Waals surface area contributed by atoms with Crippen molar-refractivity contribution >= 4 is 11.8 Å². The molecule has 0 radical (unpaired) electrons. The zero-order valence-corrected chi connectivity index (χ0v) is 10.3. The molecular formula is C10H20N2O5. The van der Waals surface area contributed by atoms with Gasteiger partial charge in [0.05, 0.1) is 13.2 Å². The molecule has 0 saturated heterocycles. The first-order valence-corrected chi connectivity index (χ1v) is 5.29. The van der Waals surface area contributed by atoms with E-state index < -0.39 is 0 Å². The summed E-state index contributed by atoms with van der Waals surface area (Å²) in [5.74, 6) is -0.543. The van der Waals surface area contributed by atoms with Crippen LogP contribution < -0.4 is 10.6 Å². The largest absolute Gasteiger partial charge is 0.383 e. The maximum atomic E-state index is 11.1. The average Bonchev–Trinajstić information content (AvgIpc) is 2.30. The van der Waals surface area contributed by atoms with Crippen molar-refractivity contribution < 1.29 is 23.8 Å². The molecule has 0 aromatic heterocycles. The van der Waals surface area contributed by atoms with Gasteiger partial charge in [-0.15, -0.1) is 0 Å². The van der Waals surface area contributed by atoms with Gasteiger partial charge >= 0.3 is 0 Å². The summed E-state index contributed by atoms with van der Waals surface area (Å²) >= 11 is 0. The summed E-state index contributed by atoms with van der Waals surface area (Å²) < 4.78 is 14.4. The Morgan fingerprint density at radius 2 is 1.29 bits per heavy atom. The van der Waals surface area contributed by atoms with Gasteiger partial charge < -0.3 is 24.8 Å². The first-order chi connectivity index (χ1) is 8.20. The van der Waals surface area contributed by atoms with E-state index in [-0.39, 0.29) is 25.0 Å². The minimum atomic E-state index is -0.272. The van der Waals surface area contributed by atoms with Crippen molar-refractivity contribution in [3.8, 4) is 0 Å². The van der Waals surface area contributed by atoms with Crippen LogP contribution in [0.3, 0.4) is 0 Å². The molecule has 0 fully saturated rings. The highest BCUT2D eigenvalue weighted by atomic mass is 16.5. The molecule has 0 atom stereocenters. The Kier molecular flexibility index (Phi) is 10.5. The van der Waals surface area contributed by atoms with E-state index in [2.05, 4.69) is 10.6 Å². The number of nitrogens with one attached hydrogen (secondary N) is 2. The van der Waals surface area contributed by atoms with Crippen LogP contribution in [0.25, 0.3) is 0 Å². The number of carbonyl (C=O) groups is 2. The van der Waals surface area contributed by atoms with E-state index in [9.17, 15) is 9.59 Å². The molecule has 0 bridgehead atoms. The van der Waals surface area contributed by atoms with Crippen molar-refractivity contribution in [2.45, 2.75) is 0 Å². The minimum absolute atomic E-state index is 0.137. The molecule has 0 aromatic carbocycles. The molecule has 0 aliphatic rings. The molecule has 2 N–H and O–H groups in total. The van der Waals surface area contributed by atoms with Crippen LogP contribution in [0.5, 0.6) is 0 Å². The number of ether oxygens (including phenoxy) is 3. The van der Waals surface area contributed by atoms with E-state index in [1.807, 2.05) is 0 Å². The van der Waals surface area contributed by atoms with Crippen LogP contribution in [0, 0.1) is 0 Å². The fraction of sp³-hybridized carbons (Fsp3) is 0.800. The third kappa shape index (κ3) is 11.1. The van der Waals surface area contributed by atoms with Gasteiger partial charge in [0.15, 0.2) is 0 Å². The fourth-order valence-electron chi connectivity index (χ4n) is 0.924. The molecule has 100 valence electrons. The number of hydrogen-bond donors (Lipinski definition) is 2. The number of hydrogen-bond acceptors (Lipinski definition) is 5. The van der Waals surface area contributed by atoms with E-state index >= 15 is 0 Å². The van der Waals surface area contributed by atoms with Crippen LogP contribution in [-0.2, 0) is 23.8 Å². The van der Waals surface area contributed by atoms with E-state index in [0.717, 1.165) is 0 Å². The smallest absolute Gasteiger partial charge is 0.246 e. The average molecular weight is 248 g/mol. The number of carbonyl (C=O) groups excluding carboxylic acids is 2. The van der Waals surface area contributed by atoms with Gasteiger partial charge in [-0.05, 0) is 0 Å². The van der Waals surface area contributed by atoms with Crippen LogP contribution >= 0.6 is 0 Å². The quantitative estimate of drug-likeness (QED) is 0.461. The van der Waals surface area contributed by atoms with Crippen molar-refractivity contribution in [1.29, 1.82) is 0 Å². The lowest BCUT2D eigenvalue weighted by molar-refractivity contribution is -0.131. The lowest BCUT2D eigenvalue weighted by atomic mass is 10.5. The monoisotopic (exact) mass is 248 g/mol. The molecular weight excluding hydrogens is 228 g/mol. The third-order valence-electron chi connectivity index (χ3n) is 1.72. The molecule has 0 aliphatic heterocycles. The Morgan fingerprint density at radius 3 is 1.65 bits per heavy atom. The van der Waals surface area contributed by atoms with Crippen LogP contribution in [0.4, 0.5) is 0 Å². The zero-order valence-electron chi connectivity index (χ0n) is 10.3. The van der Waals surface area contributed by atoms with E-state index in [4.69, 9.17) is 14.2 Å². The fourth-order valence-corrected chi connectivity index (χ4v) is 0.924. The summed E-state index contributed by atoms with van der Waals surface area (Å²) in [6.45, 7) is 1.48. The Bertz CT molecular complexity index is 201. The lowest BCUT2D eigenvalue weighted by Crippen LogP contribution is -2.34. The molecule has 0 aromatic rings. The molecule has 0 saturated carbocycles. The molecule has 0 rings (SSSR count). The van der Waals surface area contributed by atoms with Gasteiger partial charge in [-0.3, -0.25) is 9.59 Å². The van der Waals surface area contributed by atoms with Crippen LogP contribution in [-0.4, -0.2) is 65.6 Å². The molecule has 0 aliphatic carbocycles. The molecule has 17 heavy (non-hydrogen) atoms. The maximum Gasteiger partial charge on any atom is 0.246 e. The molecule has 7 nitrogen and oxygen atoms in total. The van der Waals surface area contributed by atoms with Crippen LogP contribution in [0.2, 0.25) is 0 Å². The van der Waals surface area contributed by atoms with Crippen molar-refractivity contribution in [2.75, 3.05) is 53.7 Å². The van der Waals surface area contributed by atoms with Crippen LogP contribution in [0.1, 0.15) is 0 Å². The van der Waals surface area contributed by atoms with Gasteiger partial charge in [0.1, 0.15) is 13.2 Å². The van der Waals surface area contributed by atoms with Gasteiger partial charge in [-0.1, -0.05) is 0 Å². The van der Waals surface area contributed by atoms with Crippen molar-refractivity contribution in [2.24, 2.45) is 0 Å². The van der Waals surface area contributed by atoms with Gasteiger partial charge in [0.25, 0.3) is 0 Å². The highest BCUT2D eigenvalue weighted by Gasteiger charge is 2.04. The summed E-state index contributed by atoms with van der Waals surface area (Å²) in [6.07, 6.45) is 0. The first kappa shape index (κ1) is 15.8. The Morgan fingerprint density at radius 1 is 0.882 bits per heavy atom. The molecule has 7 heteroatoms. The minimum Gasteiger partial charge on any atom is -0.383 e. The summed E-state index contributed by atoms with van der Waals surface area (Å²) in [6, 6.07) is 0. The second-order valence-electron chi connectivity index (χ2n) is 3.18. The second kappa shape index (κ2) is 11.3. The topological polar surface area (TPSA) is 85.9 Å². The molecule has 0 heterocycles. The SMILES string of the molecule is COCCNC(=O)COCC(=O)NCCOC. The van der Waals surface area contributed by atoms with Gasteiger partial charge in [0.2, 0.25) is 11.8 Å². The number of methoxy groups -OCH3 is 2. The lowest BCUT2D eigenvalue weighted by Gasteiger charge is -2.06. The highest BCUT2D eigenvalue weighted by Crippen LogP contribution is 1.77. The van der Waals surface area contributed by atoms with Gasteiger partial charge in [0, 0.05) is 27.3 Å². The Balaban J connectivity index is 3.36. The predicted molar refractivity (Wildman–Crippen MR) is 60.6 cm³/mol. The van der Waals surface area contributed by atoms with Crippen molar-refractivity contribution in [3.63, 3.8) is 0 Å². The van der Waals surface area contributed by atoms with Gasteiger partial charge in [-0.2, -0.15) is 0 Å². The highest BCUT2D eigenvalue weighted by molar-refractivity contribution is 5.79. The van der Waals surface area contributed by atoms with Crippen molar-refractivity contribution in [1.82, 2.24) is 10.6 Å². The molecule has 0 unspecified atom stereocenters. The normalized spacial score (nSPS) is 10.0. The summed E-state index contributed by atoms with van der Waals surface area (Å²) in [5.41, 5.74) is 0. The molecule has 0 spiro atoms. The summed E-state index contributed by atoms with van der Waals surface area (Å²) in [4.78, 5) is 22.2. The summed E-state index contributed by atoms with van der Waals surface area (Å²) in [5, 5.41) is 5.14. The van der Waals surface area contributed by atoms with E-state index in [1.54, 1.807) is 14.2 Å². The summed E-state index contributed by atoms with van der Waals surface area (Å²) in [7, 11) is 3.10. The standard InChI is InChI=1S/C10H20N2O5/c1-15-5-3-11-9(13)7-17-8-10(14)12-4-6-16-2/h3-8H2,1-2H3,(H,11,13)(H,12,14). The zero-order chi connectivity index (χ0) is 12.9. The van der Waals surface area contributed by atoms with E-state index in [1.165, 1.54) is 0 Å². The predicted octanol–water partition coefficient (Wildman–Crippen LogP) is -1.47. The van der Waals surface area contributed by atoms with E-state index in [0.29, 0.717) is 26.3 Å². The second-order valence-corrected chi connectivity index (χ2v) is 3.18. The number of amides is 2. The third-order valence-corrected chi connectivity index (χ3v) is 1.72. The molecule has 2 amide bonds. The Hall–Kier alpha value is -1.18. The number of rotatable bonds is 10. The first-order valence-electron chi connectivity index (χ1n) is 5.29. The van der Waals surface area contributed by atoms with Crippen molar-refractivity contribution in [3.05, 3.63) is 0 Å². The van der Waals surface area contributed by atoms with Gasteiger partial charge in [-0.25, -0.2) is 0 Å². The maximum absolute atomic E-state index is 11.1. The Labute approximate surface area is 101 Å². The van der Waals surface area contributed by atoms with Crippen LogP contribution in [0.15, 0.2) is 0 Å².